The van der Waals surface area contributed by atoms with Crippen LogP contribution >= 0.6 is 11.6 Å². The number of nitrogen functional groups attached to an aromatic ring is 1. The Hall–Kier alpha value is -0.950. The smallest absolute Gasteiger partial charge is 0.0426 e. The first-order chi connectivity index (χ1) is 5.24. The highest BCUT2D eigenvalue weighted by Crippen LogP contribution is 2.18. The molecule has 1 rings (SSSR count). The standard InChI is InChI=1S/C9H10ClN/c1-2-3-7-4-5-8(10)6-9(7)11/h2,4-6H,1,3,11H2. The fourth-order valence-corrected chi connectivity index (χ4v) is 1.09. The quantitative estimate of drug-likeness (QED) is 0.532. The minimum atomic E-state index is 0.676. The summed E-state index contributed by atoms with van der Waals surface area (Å²) < 4.78 is 0. The molecule has 1 nitrogen and oxygen atoms in total. The Kier molecular flexibility index (Phi) is 2.55. The molecule has 0 atom stereocenters. The molecule has 0 spiro atoms. The lowest BCUT2D eigenvalue weighted by atomic mass is 10.1. The van der Waals surface area contributed by atoms with Gasteiger partial charge in [-0.2, -0.15) is 0 Å². The van der Waals surface area contributed by atoms with Crippen LogP contribution in [0.1, 0.15) is 5.56 Å². The molecule has 0 aliphatic heterocycles. The highest BCUT2D eigenvalue weighted by Gasteiger charge is 1.96. The second-order valence-electron chi connectivity index (χ2n) is 2.34. The molecule has 0 aromatic heterocycles. The highest BCUT2D eigenvalue weighted by atomic mass is 35.5. The average Bonchev–Trinajstić information content (AvgIpc) is 1.95. The summed E-state index contributed by atoms with van der Waals surface area (Å²) in [5, 5.41) is 0.676. The predicted octanol–water partition coefficient (Wildman–Crippen LogP) is 2.65. The fourth-order valence-electron chi connectivity index (χ4n) is 0.907. The Bertz CT molecular complexity index is 268. The number of allylic oxidation sites excluding steroid dienone is 1. The van der Waals surface area contributed by atoms with Gasteiger partial charge in [-0.25, -0.2) is 0 Å². The van der Waals surface area contributed by atoms with Gasteiger partial charge < -0.3 is 5.73 Å². The van der Waals surface area contributed by atoms with Crippen molar-refractivity contribution in [2.45, 2.75) is 6.42 Å². The van der Waals surface area contributed by atoms with E-state index in [0.717, 1.165) is 17.7 Å². The first-order valence-corrected chi connectivity index (χ1v) is 3.76. The number of anilines is 1. The largest absolute Gasteiger partial charge is 0.398 e. The Morgan fingerprint density at radius 1 is 1.55 bits per heavy atom. The maximum absolute atomic E-state index is 5.71. The SMILES string of the molecule is C=CCc1ccc(Cl)cc1N. The van der Waals surface area contributed by atoms with Crippen LogP contribution in [0.25, 0.3) is 0 Å². The molecule has 2 N–H and O–H groups in total. The molecule has 11 heavy (non-hydrogen) atoms. The van der Waals surface area contributed by atoms with E-state index in [1.54, 1.807) is 6.07 Å². The lowest BCUT2D eigenvalue weighted by Gasteiger charge is -2.01. The molecule has 0 aliphatic carbocycles. The van der Waals surface area contributed by atoms with Crippen molar-refractivity contribution in [3.63, 3.8) is 0 Å². The first kappa shape index (κ1) is 8.15. The summed E-state index contributed by atoms with van der Waals surface area (Å²) in [5.41, 5.74) is 7.48. The van der Waals surface area contributed by atoms with Gasteiger partial charge in [-0.15, -0.1) is 6.58 Å². The molecule has 0 aliphatic rings. The van der Waals surface area contributed by atoms with Crippen molar-refractivity contribution in [3.8, 4) is 0 Å². The van der Waals surface area contributed by atoms with E-state index in [9.17, 15) is 0 Å². The topological polar surface area (TPSA) is 26.0 Å². The molecular weight excluding hydrogens is 158 g/mol. The molecule has 0 unspecified atom stereocenters. The van der Waals surface area contributed by atoms with Gasteiger partial charge in [0.25, 0.3) is 0 Å². The number of benzene rings is 1. The molecule has 0 fully saturated rings. The highest BCUT2D eigenvalue weighted by molar-refractivity contribution is 6.30. The van der Waals surface area contributed by atoms with Gasteiger partial charge in [-0.1, -0.05) is 23.7 Å². The predicted molar refractivity (Wildman–Crippen MR) is 49.8 cm³/mol. The van der Waals surface area contributed by atoms with Gasteiger partial charge in [0.15, 0.2) is 0 Å². The molecule has 2 heteroatoms. The molecule has 0 saturated carbocycles. The summed E-state index contributed by atoms with van der Waals surface area (Å²) in [5.74, 6) is 0. The van der Waals surface area contributed by atoms with Gasteiger partial charge in [-0.3, -0.25) is 0 Å². The minimum Gasteiger partial charge on any atom is -0.398 e. The van der Waals surface area contributed by atoms with Crippen LogP contribution in [0.3, 0.4) is 0 Å². The zero-order valence-corrected chi connectivity index (χ0v) is 6.93. The van der Waals surface area contributed by atoms with Crippen LogP contribution in [0.15, 0.2) is 30.9 Å². The van der Waals surface area contributed by atoms with Crippen molar-refractivity contribution in [1.82, 2.24) is 0 Å². The molecule has 58 valence electrons. The van der Waals surface area contributed by atoms with Crippen LogP contribution in [-0.2, 0) is 6.42 Å². The molecule has 0 heterocycles. The molecule has 1 aromatic rings. The summed E-state index contributed by atoms with van der Waals surface area (Å²) in [4.78, 5) is 0. The van der Waals surface area contributed by atoms with Crippen LogP contribution in [0.4, 0.5) is 5.69 Å². The number of rotatable bonds is 2. The van der Waals surface area contributed by atoms with E-state index < -0.39 is 0 Å². The van der Waals surface area contributed by atoms with Crippen LogP contribution in [0, 0.1) is 0 Å². The Labute approximate surface area is 71.5 Å². The second kappa shape index (κ2) is 3.44. The summed E-state index contributed by atoms with van der Waals surface area (Å²) in [6, 6.07) is 5.50. The second-order valence-corrected chi connectivity index (χ2v) is 2.77. The van der Waals surface area contributed by atoms with Crippen LogP contribution in [0.2, 0.25) is 5.02 Å². The monoisotopic (exact) mass is 167 g/mol. The number of halogens is 1. The molecule has 1 aromatic carbocycles. The fraction of sp³-hybridized carbons (Fsp3) is 0.111. The third-order valence-electron chi connectivity index (χ3n) is 1.47. The van der Waals surface area contributed by atoms with Crippen LogP contribution in [-0.4, -0.2) is 0 Å². The summed E-state index contributed by atoms with van der Waals surface area (Å²) in [6.45, 7) is 3.63. The molecular formula is C9H10ClN. The summed E-state index contributed by atoms with van der Waals surface area (Å²) in [6.07, 6.45) is 2.61. The molecule has 0 bridgehead atoms. The maximum Gasteiger partial charge on any atom is 0.0426 e. The lowest BCUT2D eigenvalue weighted by molar-refractivity contribution is 1.28. The van der Waals surface area contributed by atoms with Gasteiger partial charge in [0.2, 0.25) is 0 Å². The molecule has 0 saturated heterocycles. The van der Waals surface area contributed by atoms with Crippen molar-refractivity contribution < 1.29 is 0 Å². The Morgan fingerprint density at radius 3 is 2.82 bits per heavy atom. The van der Waals surface area contributed by atoms with Gasteiger partial charge in [-0.05, 0) is 24.1 Å². The molecule has 0 amide bonds. The van der Waals surface area contributed by atoms with Gasteiger partial charge >= 0.3 is 0 Å². The van der Waals surface area contributed by atoms with Gasteiger partial charge in [0.05, 0.1) is 0 Å². The summed E-state index contributed by atoms with van der Waals surface area (Å²) in [7, 11) is 0. The third kappa shape index (κ3) is 1.99. The van der Waals surface area contributed by atoms with Crippen molar-refractivity contribution >= 4 is 17.3 Å². The Balaban J connectivity index is 2.98. The normalized spacial score (nSPS) is 9.55. The van der Waals surface area contributed by atoms with Crippen LogP contribution in [0.5, 0.6) is 0 Å². The van der Waals surface area contributed by atoms with E-state index in [1.165, 1.54) is 0 Å². The van der Waals surface area contributed by atoms with E-state index in [2.05, 4.69) is 6.58 Å². The summed E-state index contributed by atoms with van der Waals surface area (Å²) >= 11 is 5.71. The van der Waals surface area contributed by atoms with Crippen LogP contribution < -0.4 is 5.73 Å². The van der Waals surface area contributed by atoms with E-state index in [0.29, 0.717) is 5.02 Å². The number of hydrogen-bond acceptors (Lipinski definition) is 1. The molecule has 0 radical (unpaired) electrons. The first-order valence-electron chi connectivity index (χ1n) is 3.39. The van der Waals surface area contributed by atoms with E-state index in [4.69, 9.17) is 17.3 Å². The van der Waals surface area contributed by atoms with Crippen molar-refractivity contribution in [3.05, 3.63) is 41.4 Å². The van der Waals surface area contributed by atoms with E-state index >= 15 is 0 Å². The zero-order valence-electron chi connectivity index (χ0n) is 6.18. The van der Waals surface area contributed by atoms with Gasteiger partial charge in [0, 0.05) is 10.7 Å². The number of nitrogens with two attached hydrogens (primary N) is 1. The van der Waals surface area contributed by atoms with E-state index in [-0.39, 0.29) is 0 Å². The maximum atomic E-state index is 5.71. The van der Waals surface area contributed by atoms with Crippen molar-refractivity contribution in [2.75, 3.05) is 5.73 Å². The van der Waals surface area contributed by atoms with Crippen molar-refractivity contribution in [2.24, 2.45) is 0 Å². The van der Waals surface area contributed by atoms with Crippen molar-refractivity contribution in [1.29, 1.82) is 0 Å². The average molecular weight is 168 g/mol. The third-order valence-corrected chi connectivity index (χ3v) is 1.71. The van der Waals surface area contributed by atoms with E-state index in [1.807, 2.05) is 18.2 Å². The Morgan fingerprint density at radius 2 is 2.27 bits per heavy atom. The number of hydrogen-bond donors (Lipinski definition) is 1. The van der Waals surface area contributed by atoms with Gasteiger partial charge in [0.1, 0.15) is 0 Å². The zero-order chi connectivity index (χ0) is 8.27. The minimum absolute atomic E-state index is 0.676. The lowest BCUT2D eigenvalue weighted by Crippen LogP contribution is -1.91.